The maximum Gasteiger partial charge on any atom is 0.256 e. The molecule has 0 unspecified atom stereocenters. The lowest BCUT2D eigenvalue weighted by molar-refractivity contribution is 0.102. The molecule has 0 saturated heterocycles. The Labute approximate surface area is 149 Å². The Morgan fingerprint density at radius 3 is 2.58 bits per heavy atom. The van der Waals surface area contributed by atoms with Crippen LogP contribution in [0.2, 0.25) is 0 Å². The van der Waals surface area contributed by atoms with Gasteiger partial charge in [0.25, 0.3) is 11.5 Å². The molecule has 0 atom stereocenters. The van der Waals surface area contributed by atoms with Crippen LogP contribution in [0.1, 0.15) is 28.7 Å². The summed E-state index contributed by atoms with van der Waals surface area (Å²) in [5.74, 6) is 1.05. The SMILES string of the molecule is CCOc1ccc(C(=O)Nc2cc(C)nn2-c2nc(C)cc(=O)[nH]2)cc1. The molecule has 0 aliphatic carbocycles. The third-order valence-corrected chi connectivity index (χ3v) is 3.56. The first-order valence-corrected chi connectivity index (χ1v) is 8.15. The van der Waals surface area contributed by atoms with Crippen LogP contribution in [0.4, 0.5) is 5.82 Å². The highest BCUT2D eigenvalue weighted by atomic mass is 16.5. The van der Waals surface area contributed by atoms with Gasteiger partial charge in [-0.3, -0.25) is 14.6 Å². The second-order valence-corrected chi connectivity index (χ2v) is 5.70. The van der Waals surface area contributed by atoms with Gasteiger partial charge in [0.15, 0.2) is 0 Å². The monoisotopic (exact) mass is 353 g/mol. The van der Waals surface area contributed by atoms with Gasteiger partial charge >= 0.3 is 0 Å². The largest absolute Gasteiger partial charge is 0.494 e. The lowest BCUT2D eigenvalue weighted by Crippen LogP contribution is -2.18. The van der Waals surface area contributed by atoms with E-state index >= 15 is 0 Å². The van der Waals surface area contributed by atoms with E-state index in [1.165, 1.54) is 10.7 Å². The minimum absolute atomic E-state index is 0.241. The van der Waals surface area contributed by atoms with Crippen LogP contribution in [0, 0.1) is 13.8 Å². The summed E-state index contributed by atoms with van der Waals surface area (Å²) in [6.45, 7) is 5.96. The number of nitrogens with zero attached hydrogens (tertiary/aromatic N) is 3. The molecular formula is C18H19N5O3. The Hall–Kier alpha value is -3.42. The minimum atomic E-state index is -0.302. The van der Waals surface area contributed by atoms with E-state index in [9.17, 15) is 9.59 Å². The van der Waals surface area contributed by atoms with E-state index in [-0.39, 0.29) is 17.4 Å². The molecule has 1 amide bonds. The molecule has 1 aromatic carbocycles. The average molecular weight is 353 g/mol. The number of nitrogens with one attached hydrogen (secondary N) is 2. The maximum atomic E-state index is 12.5. The molecule has 3 aromatic rings. The molecule has 0 saturated carbocycles. The molecule has 134 valence electrons. The molecule has 8 nitrogen and oxygen atoms in total. The summed E-state index contributed by atoms with van der Waals surface area (Å²) in [5.41, 5.74) is 1.42. The van der Waals surface area contributed by atoms with E-state index in [0.29, 0.717) is 35.1 Å². The molecule has 0 bridgehead atoms. The maximum absolute atomic E-state index is 12.5. The Morgan fingerprint density at radius 1 is 1.19 bits per heavy atom. The van der Waals surface area contributed by atoms with Gasteiger partial charge in [0.1, 0.15) is 11.6 Å². The number of ether oxygens (including phenoxy) is 1. The number of aromatic amines is 1. The van der Waals surface area contributed by atoms with Gasteiger partial charge in [-0.2, -0.15) is 9.78 Å². The Bertz CT molecular complexity index is 989. The fourth-order valence-electron chi connectivity index (χ4n) is 2.47. The lowest BCUT2D eigenvalue weighted by Gasteiger charge is -2.09. The molecule has 0 spiro atoms. The van der Waals surface area contributed by atoms with Crippen LogP contribution in [0.25, 0.3) is 5.95 Å². The minimum Gasteiger partial charge on any atom is -0.494 e. The first kappa shape index (κ1) is 17.4. The van der Waals surface area contributed by atoms with Crippen LogP contribution >= 0.6 is 0 Å². The molecule has 0 aliphatic rings. The molecule has 2 aromatic heterocycles. The third kappa shape index (κ3) is 3.80. The second-order valence-electron chi connectivity index (χ2n) is 5.70. The number of hydrogen-bond donors (Lipinski definition) is 2. The molecule has 0 aliphatic heterocycles. The number of rotatable bonds is 5. The van der Waals surface area contributed by atoms with E-state index < -0.39 is 0 Å². The fraction of sp³-hybridized carbons (Fsp3) is 0.222. The number of aryl methyl sites for hydroxylation is 2. The van der Waals surface area contributed by atoms with Crippen molar-refractivity contribution in [3.63, 3.8) is 0 Å². The molecule has 0 radical (unpaired) electrons. The van der Waals surface area contributed by atoms with E-state index in [1.54, 1.807) is 44.2 Å². The lowest BCUT2D eigenvalue weighted by atomic mass is 10.2. The Morgan fingerprint density at radius 2 is 1.92 bits per heavy atom. The zero-order chi connectivity index (χ0) is 18.7. The van der Waals surface area contributed by atoms with Crippen LogP contribution in [0.5, 0.6) is 5.75 Å². The van der Waals surface area contributed by atoms with E-state index in [2.05, 4.69) is 20.4 Å². The van der Waals surface area contributed by atoms with Crippen molar-refractivity contribution >= 4 is 11.7 Å². The number of amides is 1. The molecule has 0 fully saturated rings. The van der Waals surface area contributed by atoms with Crippen molar-refractivity contribution in [3.05, 3.63) is 63.7 Å². The van der Waals surface area contributed by atoms with Crippen molar-refractivity contribution in [2.45, 2.75) is 20.8 Å². The highest BCUT2D eigenvalue weighted by Gasteiger charge is 2.14. The number of anilines is 1. The van der Waals surface area contributed by atoms with Gasteiger partial charge in [-0.25, -0.2) is 4.98 Å². The zero-order valence-corrected chi connectivity index (χ0v) is 14.7. The van der Waals surface area contributed by atoms with E-state index in [4.69, 9.17) is 4.74 Å². The fourth-order valence-corrected chi connectivity index (χ4v) is 2.47. The highest BCUT2D eigenvalue weighted by Crippen LogP contribution is 2.17. The number of aromatic nitrogens is 4. The number of carbonyl (C=O) groups is 1. The summed E-state index contributed by atoms with van der Waals surface area (Å²) in [6, 6.07) is 9.93. The van der Waals surface area contributed by atoms with Crippen LogP contribution in [0.15, 0.2) is 41.2 Å². The number of benzene rings is 1. The summed E-state index contributed by atoms with van der Waals surface area (Å²) in [5, 5.41) is 7.09. The van der Waals surface area contributed by atoms with Gasteiger partial charge in [-0.1, -0.05) is 0 Å². The number of hydrogen-bond acceptors (Lipinski definition) is 5. The van der Waals surface area contributed by atoms with Crippen LogP contribution in [-0.2, 0) is 0 Å². The van der Waals surface area contributed by atoms with E-state index in [1.807, 2.05) is 6.92 Å². The first-order valence-electron chi connectivity index (χ1n) is 8.15. The second kappa shape index (κ2) is 7.22. The average Bonchev–Trinajstić information content (AvgIpc) is 2.95. The van der Waals surface area contributed by atoms with Crippen molar-refractivity contribution in [3.8, 4) is 11.7 Å². The predicted molar refractivity (Wildman–Crippen MR) is 97.0 cm³/mol. The summed E-state index contributed by atoms with van der Waals surface area (Å²) < 4.78 is 6.77. The molecule has 8 heteroatoms. The van der Waals surface area contributed by atoms with Crippen molar-refractivity contribution in [2.75, 3.05) is 11.9 Å². The van der Waals surface area contributed by atoms with Crippen molar-refractivity contribution in [1.82, 2.24) is 19.7 Å². The summed E-state index contributed by atoms with van der Waals surface area (Å²) in [7, 11) is 0. The third-order valence-electron chi connectivity index (χ3n) is 3.56. The summed E-state index contributed by atoms with van der Waals surface area (Å²) in [6.07, 6.45) is 0. The summed E-state index contributed by atoms with van der Waals surface area (Å²) >= 11 is 0. The molecule has 2 heterocycles. The van der Waals surface area contributed by atoms with Crippen LogP contribution in [0.3, 0.4) is 0 Å². The number of H-pyrrole nitrogens is 1. The molecule has 26 heavy (non-hydrogen) atoms. The first-order chi connectivity index (χ1) is 12.5. The van der Waals surface area contributed by atoms with Crippen molar-refractivity contribution in [1.29, 1.82) is 0 Å². The molecular weight excluding hydrogens is 334 g/mol. The zero-order valence-electron chi connectivity index (χ0n) is 14.7. The number of carbonyl (C=O) groups excluding carboxylic acids is 1. The topological polar surface area (TPSA) is 102 Å². The van der Waals surface area contributed by atoms with E-state index in [0.717, 1.165) is 0 Å². The van der Waals surface area contributed by atoms with Gasteiger partial charge in [0.05, 0.1) is 12.3 Å². The van der Waals surface area contributed by atoms with Gasteiger partial charge in [0.2, 0.25) is 5.95 Å². The van der Waals surface area contributed by atoms with Gasteiger partial charge in [-0.15, -0.1) is 0 Å². The van der Waals surface area contributed by atoms with Crippen molar-refractivity contribution in [2.24, 2.45) is 0 Å². The summed E-state index contributed by atoms with van der Waals surface area (Å²) in [4.78, 5) is 31.1. The highest BCUT2D eigenvalue weighted by molar-refractivity contribution is 6.04. The van der Waals surface area contributed by atoms with Gasteiger partial charge in [0, 0.05) is 23.4 Å². The van der Waals surface area contributed by atoms with Crippen LogP contribution in [-0.4, -0.2) is 32.3 Å². The van der Waals surface area contributed by atoms with Gasteiger partial charge in [-0.05, 0) is 45.0 Å². The standard InChI is InChI=1S/C18H19N5O3/c1-4-26-14-7-5-13(6-8-14)17(25)20-15-9-12(3)22-23(15)18-19-11(2)10-16(24)21-18/h5-10H,4H2,1-3H3,(H,20,25)(H,19,21,24). The molecule has 3 rings (SSSR count). The molecule has 2 N–H and O–H groups in total. The quantitative estimate of drug-likeness (QED) is 0.732. The normalized spacial score (nSPS) is 10.6. The Kier molecular flexibility index (Phi) is 4.83. The predicted octanol–water partition coefficient (Wildman–Crippen LogP) is 2.22. The Balaban J connectivity index is 1.88. The van der Waals surface area contributed by atoms with Crippen molar-refractivity contribution < 1.29 is 9.53 Å². The smallest absolute Gasteiger partial charge is 0.256 e. The van der Waals surface area contributed by atoms with Gasteiger partial charge < -0.3 is 10.1 Å². The van der Waals surface area contributed by atoms with Crippen LogP contribution < -0.4 is 15.6 Å².